The number of carbonyl (C=O) groups is 2. The third-order valence-corrected chi connectivity index (χ3v) is 4.31. The van der Waals surface area contributed by atoms with Crippen LogP contribution < -0.4 is 5.32 Å². The molecule has 0 bridgehead atoms. The summed E-state index contributed by atoms with van der Waals surface area (Å²) in [7, 11) is 1.34. The van der Waals surface area contributed by atoms with Crippen LogP contribution in [0.2, 0.25) is 0 Å². The van der Waals surface area contributed by atoms with Gasteiger partial charge in [0.15, 0.2) is 0 Å². The van der Waals surface area contributed by atoms with Crippen molar-refractivity contribution in [3.05, 3.63) is 29.3 Å². The fraction of sp³-hybridized carbons (Fsp3) is 0.467. The molecule has 108 valence electrons. The van der Waals surface area contributed by atoms with Crippen LogP contribution in [0.5, 0.6) is 0 Å². The Morgan fingerprint density at radius 2 is 2.10 bits per heavy atom. The van der Waals surface area contributed by atoms with Crippen LogP contribution in [-0.2, 0) is 27.2 Å². The molecule has 0 atom stereocenters. The highest BCUT2D eigenvalue weighted by molar-refractivity contribution is 8.00. The van der Waals surface area contributed by atoms with Crippen molar-refractivity contribution >= 4 is 23.6 Å². The Morgan fingerprint density at radius 3 is 2.90 bits per heavy atom. The average molecular weight is 293 g/mol. The second-order valence-electron chi connectivity index (χ2n) is 4.75. The molecule has 1 N–H and O–H groups in total. The van der Waals surface area contributed by atoms with Gasteiger partial charge in [0.1, 0.15) is 0 Å². The number of amides is 1. The highest BCUT2D eigenvalue weighted by Gasteiger charge is 2.11. The zero-order valence-corrected chi connectivity index (χ0v) is 12.4. The molecule has 0 fully saturated rings. The van der Waals surface area contributed by atoms with Gasteiger partial charge in [-0.25, -0.2) is 0 Å². The second-order valence-corrected chi connectivity index (χ2v) is 5.80. The molecule has 1 amide bonds. The number of methoxy groups -OCH3 is 1. The molecule has 0 heterocycles. The van der Waals surface area contributed by atoms with Crippen molar-refractivity contribution in [3.8, 4) is 0 Å². The van der Waals surface area contributed by atoms with Gasteiger partial charge in [-0.15, -0.1) is 11.8 Å². The van der Waals surface area contributed by atoms with Gasteiger partial charge in [0.2, 0.25) is 5.91 Å². The van der Waals surface area contributed by atoms with Crippen LogP contribution in [-0.4, -0.2) is 31.3 Å². The number of hydrogen-bond donors (Lipinski definition) is 1. The van der Waals surface area contributed by atoms with Gasteiger partial charge >= 0.3 is 5.97 Å². The molecule has 0 radical (unpaired) electrons. The van der Waals surface area contributed by atoms with Crippen LogP contribution >= 0.6 is 11.8 Å². The Morgan fingerprint density at radius 1 is 1.30 bits per heavy atom. The maximum absolute atomic E-state index is 11.6. The van der Waals surface area contributed by atoms with E-state index in [-0.39, 0.29) is 18.3 Å². The number of esters is 1. The zero-order chi connectivity index (χ0) is 14.4. The Hall–Kier alpha value is -1.49. The number of hydrogen-bond acceptors (Lipinski definition) is 4. The van der Waals surface area contributed by atoms with Crippen LogP contribution in [0, 0.1) is 0 Å². The first-order chi connectivity index (χ1) is 9.69. The highest BCUT2D eigenvalue weighted by atomic mass is 32.2. The normalized spacial score (nSPS) is 12.8. The summed E-state index contributed by atoms with van der Waals surface area (Å²) in [4.78, 5) is 23.7. The standard InChI is InChI=1S/C15H19NO3S/c1-19-15(18)7-8-16-14(17)10-20-13-6-5-11-3-2-4-12(11)9-13/h5-6,9H,2-4,7-8,10H2,1H3,(H,16,17). The summed E-state index contributed by atoms with van der Waals surface area (Å²) < 4.78 is 4.51. The van der Waals surface area contributed by atoms with Crippen LogP contribution in [0.15, 0.2) is 23.1 Å². The first kappa shape index (κ1) is 14.9. The predicted octanol–water partition coefficient (Wildman–Crippen LogP) is 1.95. The van der Waals surface area contributed by atoms with E-state index in [1.807, 2.05) is 0 Å². The molecule has 0 aromatic heterocycles. The molecule has 0 unspecified atom stereocenters. The lowest BCUT2D eigenvalue weighted by Crippen LogP contribution is -2.27. The minimum atomic E-state index is -0.309. The Labute approximate surface area is 123 Å². The average Bonchev–Trinajstić information content (AvgIpc) is 2.92. The number of benzene rings is 1. The molecule has 1 aromatic carbocycles. The molecule has 0 aliphatic heterocycles. The summed E-state index contributed by atoms with van der Waals surface area (Å²) in [6.07, 6.45) is 3.77. The van der Waals surface area contributed by atoms with E-state index >= 15 is 0 Å². The largest absolute Gasteiger partial charge is 0.469 e. The van der Waals surface area contributed by atoms with Gasteiger partial charge in [-0.05, 0) is 42.5 Å². The van der Waals surface area contributed by atoms with E-state index in [1.165, 1.54) is 42.8 Å². The molecule has 4 nitrogen and oxygen atoms in total. The third-order valence-electron chi connectivity index (χ3n) is 3.32. The fourth-order valence-corrected chi connectivity index (χ4v) is 3.03. The topological polar surface area (TPSA) is 55.4 Å². The maximum atomic E-state index is 11.6. The van der Waals surface area contributed by atoms with Crippen LogP contribution in [0.1, 0.15) is 24.0 Å². The van der Waals surface area contributed by atoms with Gasteiger partial charge in [0, 0.05) is 11.4 Å². The summed E-state index contributed by atoms with van der Waals surface area (Å²) in [5, 5.41) is 2.71. The summed E-state index contributed by atoms with van der Waals surface area (Å²) in [6.45, 7) is 0.330. The smallest absolute Gasteiger partial charge is 0.307 e. The van der Waals surface area contributed by atoms with E-state index in [1.54, 1.807) is 0 Å². The lowest BCUT2D eigenvalue weighted by Gasteiger charge is -2.06. The van der Waals surface area contributed by atoms with Crippen LogP contribution in [0.4, 0.5) is 0 Å². The van der Waals surface area contributed by atoms with Gasteiger partial charge in [-0.3, -0.25) is 9.59 Å². The molecule has 0 saturated carbocycles. The SMILES string of the molecule is COC(=O)CCNC(=O)CSc1ccc2c(c1)CCC2. The van der Waals surface area contributed by atoms with Crippen molar-refractivity contribution in [1.82, 2.24) is 5.32 Å². The zero-order valence-electron chi connectivity index (χ0n) is 11.6. The van der Waals surface area contributed by atoms with Crippen LogP contribution in [0.25, 0.3) is 0 Å². The van der Waals surface area contributed by atoms with E-state index in [4.69, 9.17) is 0 Å². The van der Waals surface area contributed by atoms with E-state index < -0.39 is 0 Å². The molecule has 20 heavy (non-hydrogen) atoms. The van der Waals surface area contributed by atoms with Crippen molar-refractivity contribution in [2.24, 2.45) is 0 Å². The highest BCUT2D eigenvalue weighted by Crippen LogP contribution is 2.27. The van der Waals surface area contributed by atoms with Crippen molar-refractivity contribution < 1.29 is 14.3 Å². The minimum Gasteiger partial charge on any atom is -0.469 e. The Bertz CT molecular complexity index is 502. The molecule has 1 aliphatic rings. The minimum absolute atomic E-state index is 0.0561. The molecular weight excluding hydrogens is 274 g/mol. The van der Waals surface area contributed by atoms with Gasteiger partial charge in [0.05, 0.1) is 19.3 Å². The van der Waals surface area contributed by atoms with Crippen LogP contribution in [0.3, 0.4) is 0 Å². The number of fused-ring (bicyclic) bond motifs is 1. The first-order valence-corrected chi connectivity index (χ1v) is 7.75. The monoisotopic (exact) mass is 293 g/mol. The lowest BCUT2D eigenvalue weighted by molar-refractivity contribution is -0.140. The summed E-state index contributed by atoms with van der Waals surface area (Å²) in [5.74, 6) is 0.0101. The van der Waals surface area contributed by atoms with Crippen molar-refractivity contribution in [2.75, 3.05) is 19.4 Å². The lowest BCUT2D eigenvalue weighted by atomic mass is 10.1. The molecule has 0 spiro atoms. The molecular formula is C15H19NO3S. The molecule has 1 aromatic rings. The van der Waals surface area contributed by atoms with Crippen molar-refractivity contribution in [1.29, 1.82) is 0 Å². The maximum Gasteiger partial charge on any atom is 0.307 e. The summed E-state index contributed by atoms with van der Waals surface area (Å²) in [5.41, 5.74) is 2.86. The summed E-state index contributed by atoms with van der Waals surface area (Å²) in [6, 6.07) is 6.44. The Balaban J connectivity index is 1.72. The molecule has 1 aliphatic carbocycles. The van der Waals surface area contributed by atoms with Crippen molar-refractivity contribution in [3.63, 3.8) is 0 Å². The van der Waals surface area contributed by atoms with Gasteiger partial charge < -0.3 is 10.1 Å². The number of aryl methyl sites for hydroxylation is 2. The van der Waals surface area contributed by atoms with E-state index in [2.05, 4.69) is 28.3 Å². The van der Waals surface area contributed by atoms with E-state index in [0.717, 1.165) is 11.3 Å². The van der Waals surface area contributed by atoms with Gasteiger partial charge in [-0.1, -0.05) is 6.07 Å². The Kier molecular flexibility index (Phi) is 5.47. The molecule has 2 rings (SSSR count). The predicted molar refractivity (Wildman–Crippen MR) is 78.8 cm³/mol. The number of ether oxygens (including phenoxy) is 1. The number of rotatable bonds is 6. The fourth-order valence-electron chi connectivity index (χ4n) is 2.24. The number of thioether (sulfide) groups is 1. The van der Waals surface area contributed by atoms with Crippen molar-refractivity contribution in [2.45, 2.75) is 30.6 Å². The first-order valence-electron chi connectivity index (χ1n) is 6.77. The quantitative estimate of drug-likeness (QED) is 0.643. The molecule has 5 heteroatoms. The molecule has 0 saturated heterocycles. The second kappa shape index (κ2) is 7.33. The number of carbonyl (C=O) groups excluding carboxylic acids is 2. The van der Waals surface area contributed by atoms with Gasteiger partial charge in [0.25, 0.3) is 0 Å². The van der Waals surface area contributed by atoms with Gasteiger partial charge in [-0.2, -0.15) is 0 Å². The van der Waals surface area contributed by atoms with E-state index in [9.17, 15) is 9.59 Å². The number of nitrogens with one attached hydrogen (secondary N) is 1. The third kappa shape index (κ3) is 4.27. The summed E-state index contributed by atoms with van der Waals surface area (Å²) >= 11 is 1.53. The van der Waals surface area contributed by atoms with E-state index in [0.29, 0.717) is 12.3 Å².